The van der Waals surface area contributed by atoms with Gasteiger partial charge >= 0.3 is 0 Å². The Morgan fingerprint density at radius 3 is 2.00 bits per heavy atom. The van der Waals surface area contributed by atoms with Gasteiger partial charge in [-0.2, -0.15) is 0 Å². The Morgan fingerprint density at radius 2 is 1.44 bits per heavy atom. The summed E-state index contributed by atoms with van der Waals surface area (Å²) >= 11 is 0. The van der Waals surface area contributed by atoms with Gasteiger partial charge in [0.2, 0.25) is 5.75 Å². The highest BCUT2D eigenvalue weighted by Gasteiger charge is 2.12. The zero-order valence-electron chi connectivity index (χ0n) is 10.9. The molecule has 1 rings (SSSR count). The molecule has 0 saturated heterocycles. The summed E-state index contributed by atoms with van der Waals surface area (Å²) in [5.41, 5.74) is -0.605. The van der Waals surface area contributed by atoms with E-state index in [4.69, 9.17) is 14.2 Å². The van der Waals surface area contributed by atoms with Crippen LogP contribution in [0.3, 0.4) is 0 Å². The van der Waals surface area contributed by atoms with E-state index >= 15 is 0 Å². The first-order chi connectivity index (χ1) is 8.63. The van der Waals surface area contributed by atoms with Crippen LogP contribution in [0.2, 0.25) is 0 Å². The van der Waals surface area contributed by atoms with Crippen LogP contribution in [0.1, 0.15) is 20.8 Å². The summed E-state index contributed by atoms with van der Waals surface area (Å²) in [7, 11) is 0. The predicted molar refractivity (Wildman–Crippen MR) is 67.9 cm³/mol. The molecule has 5 heteroatoms. The molecule has 0 bridgehead atoms. The zero-order chi connectivity index (χ0) is 13.5. The lowest BCUT2D eigenvalue weighted by Crippen LogP contribution is -2.05. The smallest absolute Gasteiger partial charge is 0.265 e. The lowest BCUT2D eigenvalue weighted by atomic mass is 10.4. The number of hydrogen-bond donors (Lipinski definition) is 1. The molecular formula is C13H18O5. The van der Waals surface area contributed by atoms with Crippen LogP contribution < -0.4 is 19.6 Å². The maximum Gasteiger partial charge on any atom is 0.265 e. The lowest BCUT2D eigenvalue weighted by Gasteiger charge is -2.03. The molecule has 0 atom stereocenters. The number of hydrogen-bond acceptors (Lipinski definition) is 5. The van der Waals surface area contributed by atoms with E-state index in [2.05, 4.69) is 0 Å². The Morgan fingerprint density at radius 1 is 0.944 bits per heavy atom. The maximum absolute atomic E-state index is 11.9. The lowest BCUT2D eigenvalue weighted by molar-refractivity contribution is 0.310. The van der Waals surface area contributed by atoms with Gasteiger partial charge in [0, 0.05) is 12.1 Å². The number of aromatic hydroxyl groups is 1. The Bertz CT molecular complexity index is 456. The minimum Gasteiger partial charge on any atom is -0.501 e. The molecule has 0 radical (unpaired) electrons. The van der Waals surface area contributed by atoms with Crippen LogP contribution in [0, 0.1) is 0 Å². The first kappa shape index (κ1) is 14.2. The summed E-state index contributed by atoms with van der Waals surface area (Å²) in [4.78, 5) is 11.9. The molecule has 18 heavy (non-hydrogen) atoms. The SMILES string of the molecule is CCOc1cc(OCC)c(O)c(=O)c(OCC)c1. The maximum atomic E-state index is 11.9. The summed E-state index contributed by atoms with van der Waals surface area (Å²) in [5, 5.41) is 9.82. The highest BCUT2D eigenvalue weighted by atomic mass is 16.5. The van der Waals surface area contributed by atoms with E-state index in [-0.39, 0.29) is 11.5 Å². The van der Waals surface area contributed by atoms with E-state index in [9.17, 15) is 9.90 Å². The van der Waals surface area contributed by atoms with Crippen molar-refractivity contribution in [3.63, 3.8) is 0 Å². The van der Waals surface area contributed by atoms with Crippen LogP contribution in [-0.2, 0) is 0 Å². The van der Waals surface area contributed by atoms with Crippen LogP contribution in [0.5, 0.6) is 23.0 Å². The van der Waals surface area contributed by atoms with Gasteiger partial charge in [-0.15, -0.1) is 0 Å². The molecule has 0 heterocycles. The minimum atomic E-state index is -0.605. The van der Waals surface area contributed by atoms with Crippen molar-refractivity contribution in [3.8, 4) is 23.0 Å². The van der Waals surface area contributed by atoms with Crippen molar-refractivity contribution >= 4 is 0 Å². The third-order valence-electron chi connectivity index (χ3n) is 2.13. The summed E-state index contributed by atoms with van der Waals surface area (Å²) in [6, 6.07) is 2.93. The van der Waals surface area contributed by atoms with Gasteiger partial charge in [0.15, 0.2) is 11.5 Å². The average molecular weight is 254 g/mol. The molecule has 0 aliphatic carbocycles. The average Bonchev–Trinajstić information content (AvgIpc) is 2.44. The fourth-order valence-electron chi connectivity index (χ4n) is 1.44. The molecule has 5 nitrogen and oxygen atoms in total. The Kier molecular flexibility index (Phi) is 5.30. The number of ether oxygens (including phenoxy) is 3. The van der Waals surface area contributed by atoms with Crippen molar-refractivity contribution in [2.75, 3.05) is 19.8 Å². The Balaban J connectivity index is 3.40. The molecule has 1 aromatic carbocycles. The van der Waals surface area contributed by atoms with E-state index in [1.54, 1.807) is 13.8 Å². The van der Waals surface area contributed by atoms with Gasteiger partial charge in [-0.25, -0.2) is 0 Å². The molecule has 100 valence electrons. The summed E-state index contributed by atoms with van der Waals surface area (Å²) in [5.74, 6) is 0.0920. The first-order valence-corrected chi connectivity index (χ1v) is 5.93. The highest BCUT2D eigenvalue weighted by molar-refractivity contribution is 5.47. The molecule has 0 aliphatic heterocycles. The summed E-state index contributed by atoms with van der Waals surface area (Å²) in [6.07, 6.45) is 0. The van der Waals surface area contributed by atoms with E-state index in [0.717, 1.165) is 0 Å². The predicted octanol–water partition coefficient (Wildman–Crippen LogP) is 1.95. The van der Waals surface area contributed by atoms with Gasteiger partial charge in [0.1, 0.15) is 5.75 Å². The third kappa shape index (κ3) is 3.29. The van der Waals surface area contributed by atoms with Crippen molar-refractivity contribution < 1.29 is 19.3 Å². The molecule has 1 aromatic rings. The van der Waals surface area contributed by atoms with Crippen LogP contribution in [0.25, 0.3) is 0 Å². The van der Waals surface area contributed by atoms with Crippen molar-refractivity contribution in [1.82, 2.24) is 0 Å². The van der Waals surface area contributed by atoms with Gasteiger partial charge in [-0.05, 0) is 20.8 Å². The highest BCUT2D eigenvalue weighted by Crippen LogP contribution is 2.28. The normalized spacial score (nSPS) is 9.94. The quantitative estimate of drug-likeness (QED) is 0.840. The van der Waals surface area contributed by atoms with Gasteiger partial charge in [-0.3, -0.25) is 4.79 Å². The largest absolute Gasteiger partial charge is 0.501 e. The van der Waals surface area contributed by atoms with Gasteiger partial charge < -0.3 is 19.3 Å². The van der Waals surface area contributed by atoms with Crippen LogP contribution in [-0.4, -0.2) is 24.9 Å². The van der Waals surface area contributed by atoms with Crippen LogP contribution in [0.4, 0.5) is 0 Å². The molecular weight excluding hydrogens is 236 g/mol. The summed E-state index contributed by atoms with van der Waals surface area (Å²) < 4.78 is 15.7. The van der Waals surface area contributed by atoms with Gasteiger partial charge in [-0.1, -0.05) is 0 Å². The van der Waals surface area contributed by atoms with Crippen LogP contribution >= 0.6 is 0 Å². The molecule has 0 saturated carbocycles. The molecule has 0 spiro atoms. The second kappa shape index (κ2) is 6.74. The fraction of sp³-hybridized carbons (Fsp3) is 0.462. The molecule has 0 amide bonds. The minimum absolute atomic E-state index is 0.0457. The summed E-state index contributed by atoms with van der Waals surface area (Å²) in [6.45, 7) is 6.45. The van der Waals surface area contributed by atoms with E-state index in [1.165, 1.54) is 12.1 Å². The molecule has 0 aromatic heterocycles. The van der Waals surface area contributed by atoms with E-state index in [1.807, 2.05) is 6.92 Å². The van der Waals surface area contributed by atoms with Gasteiger partial charge in [0.25, 0.3) is 5.43 Å². The Labute approximate surface area is 106 Å². The number of rotatable bonds is 6. The first-order valence-electron chi connectivity index (χ1n) is 5.93. The topological polar surface area (TPSA) is 65.0 Å². The molecule has 1 N–H and O–H groups in total. The monoisotopic (exact) mass is 254 g/mol. The Hall–Kier alpha value is -1.91. The van der Waals surface area contributed by atoms with Crippen molar-refractivity contribution in [2.45, 2.75) is 20.8 Å². The van der Waals surface area contributed by atoms with E-state index < -0.39 is 11.2 Å². The van der Waals surface area contributed by atoms with Gasteiger partial charge in [0.05, 0.1) is 19.8 Å². The third-order valence-corrected chi connectivity index (χ3v) is 2.13. The second-order valence-corrected chi connectivity index (χ2v) is 3.40. The van der Waals surface area contributed by atoms with Crippen LogP contribution in [0.15, 0.2) is 16.9 Å². The van der Waals surface area contributed by atoms with Crippen molar-refractivity contribution in [2.24, 2.45) is 0 Å². The molecule has 0 unspecified atom stereocenters. The molecule has 0 fully saturated rings. The van der Waals surface area contributed by atoms with Crippen molar-refractivity contribution in [1.29, 1.82) is 0 Å². The van der Waals surface area contributed by atoms with Crippen molar-refractivity contribution in [3.05, 3.63) is 22.4 Å². The fourth-order valence-corrected chi connectivity index (χ4v) is 1.44. The molecule has 0 aliphatic rings. The van der Waals surface area contributed by atoms with E-state index in [0.29, 0.717) is 25.6 Å². The zero-order valence-corrected chi connectivity index (χ0v) is 10.9. The second-order valence-electron chi connectivity index (χ2n) is 3.40. The standard InChI is InChI=1S/C13H18O5/c1-4-16-9-7-10(17-5-2)12(14)13(15)11(8-9)18-6-3/h7-8H,4-6H2,1-3H3,(H,14,15).